The second kappa shape index (κ2) is 10.8. The van der Waals surface area contributed by atoms with Crippen molar-refractivity contribution in [2.75, 3.05) is 40.5 Å². The fourth-order valence-electron chi connectivity index (χ4n) is 2.36. The van der Waals surface area contributed by atoms with Crippen molar-refractivity contribution in [3.8, 4) is 23.8 Å². The maximum atomic E-state index is 12.5. The van der Waals surface area contributed by atoms with Crippen molar-refractivity contribution in [1.82, 2.24) is 10.2 Å². The molecular weight excluding hydrogens is 420 g/mol. The largest absolute Gasteiger partial charge is 0.493 e. The number of ether oxygens (including phenoxy) is 3. The number of amides is 3. The number of imide groups is 1. The van der Waals surface area contributed by atoms with Crippen molar-refractivity contribution in [3.63, 3.8) is 0 Å². The minimum atomic E-state index is -0.565. The third kappa shape index (κ3) is 5.90. The molecule has 29 heavy (non-hydrogen) atoms. The van der Waals surface area contributed by atoms with Crippen LogP contribution in [-0.4, -0.2) is 62.5 Å². The highest BCUT2D eigenvalue weighted by molar-refractivity contribution is 8.18. The van der Waals surface area contributed by atoms with Gasteiger partial charge in [-0.3, -0.25) is 19.3 Å². The number of nitrogens with zero attached hydrogens (tertiary/aromatic N) is 1. The van der Waals surface area contributed by atoms with E-state index in [2.05, 4.69) is 11.2 Å². The molecule has 1 aromatic rings. The van der Waals surface area contributed by atoms with Gasteiger partial charge in [0.1, 0.15) is 13.2 Å². The summed E-state index contributed by atoms with van der Waals surface area (Å²) in [6.07, 6.45) is 6.68. The Morgan fingerprint density at radius 3 is 2.79 bits per heavy atom. The Balaban J connectivity index is 2.17. The topological polar surface area (TPSA) is 94.2 Å². The number of thioether (sulfide) groups is 1. The van der Waals surface area contributed by atoms with Crippen LogP contribution in [0.3, 0.4) is 0 Å². The van der Waals surface area contributed by atoms with Crippen LogP contribution in [0, 0.1) is 12.3 Å². The van der Waals surface area contributed by atoms with E-state index in [0.29, 0.717) is 17.9 Å². The lowest BCUT2D eigenvalue weighted by atomic mass is 10.1. The number of hydrogen-bond acceptors (Lipinski definition) is 7. The number of rotatable bonds is 9. The van der Waals surface area contributed by atoms with E-state index < -0.39 is 17.1 Å². The van der Waals surface area contributed by atoms with Crippen LogP contribution in [0.4, 0.5) is 4.79 Å². The van der Waals surface area contributed by atoms with Gasteiger partial charge in [0.15, 0.2) is 11.5 Å². The Bertz CT molecular complexity index is 880. The van der Waals surface area contributed by atoms with E-state index in [1.165, 1.54) is 20.3 Å². The van der Waals surface area contributed by atoms with Crippen LogP contribution in [0.2, 0.25) is 5.02 Å². The quantitative estimate of drug-likeness (QED) is 0.358. The van der Waals surface area contributed by atoms with Crippen molar-refractivity contribution in [3.05, 3.63) is 27.6 Å². The van der Waals surface area contributed by atoms with Crippen molar-refractivity contribution in [1.29, 1.82) is 0 Å². The van der Waals surface area contributed by atoms with Crippen molar-refractivity contribution in [2.45, 2.75) is 0 Å². The minimum Gasteiger partial charge on any atom is -0.493 e. The molecule has 0 aliphatic carbocycles. The third-order valence-corrected chi connectivity index (χ3v) is 4.84. The summed E-state index contributed by atoms with van der Waals surface area (Å²) in [5, 5.41) is 2.27. The van der Waals surface area contributed by atoms with Gasteiger partial charge >= 0.3 is 0 Å². The van der Waals surface area contributed by atoms with E-state index in [-0.39, 0.29) is 35.4 Å². The summed E-state index contributed by atoms with van der Waals surface area (Å²) < 4.78 is 15.5. The first-order valence-corrected chi connectivity index (χ1v) is 9.55. The third-order valence-electron chi connectivity index (χ3n) is 3.65. The molecule has 1 aliphatic rings. The summed E-state index contributed by atoms with van der Waals surface area (Å²) in [5.41, 5.74) is 0.523. The smallest absolute Gasteiger partial charge is 0.294 e. The lowest BCUT2D eigenvalue weighted by molar-refractivity contribution is -0.129. The molecule has 2 rings (SSSR count). The van der Waals surface area contributed by atoms with Gasteiger partial charge in [-0.05, 0) is 35.5 Å². The molecule has 0 aromatic heterocycles. The zero-order valence-electron chi connectivity index (χ0n) is 15.8. The first-order valence-electron chi connectivity index (χ1n) is 8.36. The molecule has 0 radical (unpaired) electrons. The van der Waals surface area contributed by atoms with Crippen LogP contribution < -0.4 is 14.8 Å². The van der Waals surface area contributed by atoms with Crippen LogP contribution in [0.1, 0.15) is 5.56 Å². The first-order chi connectivity index (χ1) is 13.9. The average molecular weight is 439 g/mol. The zero-order valence-corrected chi connectivity index (χ0v) is 17.4. The Morgan fingerprint density at radius 2 is 2.14 bits per heavy atom. The molecule has 1 heterocycles. The van der Waals surface area contributed by atoms with E-state index in [0.717, 1.165) is 16.7 Å². The lowest BCUT2D eigenvalue weighted by Gasteiger charge is -2.12. The molecule has 154 valence electrons. The van der Waals surface area contributed by atoms with Crippen LogP contribution in [0.5, 0.6) is 11.5 Å². The number of hydrogen-bond donors (Lipinski definition) is 1. The average Bonchev–Trinajstić information content (AvgIpc) is 2.94. The Labute approximate surface area is 177 Å². The molecule has 1 N–H and O–H groups in total. The second-order valence-corrected chi connectivity index (χ2v) is 7.04. The fraction of sp³-hybridized carbons (Fsp3) is 0.316. The normalized spacial score (nSPS) is 14.8. The zero-order chi connectivity index (χ0) is 21.4. The van der Waals surface area contributed by atoms with Crippen LogP contribution in [0.25, 0.3) is 6.08 Å². The number of nitrogens with one attached hydrogen (secondary N) is 1. The Hall–Kier alpha value is -2.67. The highest BCUT2D eigenvalue weighted by Crippen LogP contribution is 2.38. The highest BCUT2D eigenvalue weighted by atomic mass is 35.5. The summed E-state index contributed by atoms with van der Waals surface area (Å²) in [5.74, 6) is 1.93. The van der Waals surface area contributed by atoms with Gasteiger partial charge in [-0.1, -0.05) is 17.5 Å². The van der Waals surface area contributed by atoms with Crippen molar-refractivity contribution >= 4 is 46.5 Å². The molecule has 0 spiro atoms. The molecular formula is C19H19ClN2O6S. The molecule has 1 saturated heterocycles. The summed E-state index contributed by atoms with van der Waals surface area (Å²) in [4.78, 5) is 37.6. The van der Waals surface area contributed by atoms with Gasteiger partial charge in [0, 0.05) is 13.7 Å². The SMILES string of the molecule is C#CCOc1c(Cl)cc(/C=C2\SC(=O)N(CC(=O)NCCOC)C2=O)cc1OC. The lowest BCUT2D eigenvalue weighted by Crippen LogP contribution is -2.40. The molecule has 3 amide bonds. The molecule has 0 saturated carbocycles. The minimum absolute atomic E-state index is 0.0146. The number of carbonyl (C=O) groups excluding carboxylic acids is 3. The van der Waals surface area contributed by atoms with Gasteiger partial charge < -0.3 is 19.5 Å². The molecule has 8 nitrogen and oxygen atoms in total. The van der Waals surface area contributed by atoms with Gasteiger partial charge in [0.05, 0.1) is 23.6 Å². The molecule has 10 heteroatoms. The molecule has 1 aliphatic heterocycles. The Kier molecular flexibility index (Phi) is 8.39. The van der Waals surface area contributed by atoms with Crippen molar-refractivity contribution < 1.29 is 28.6 Å². The molecule has 0 atom stereocenters. The number of carbonyl (C=O) groups is 3. The standard InChI is InChI=1S/C19H19ClN2O6S/c1-4-6-28-17-13(20)8-12(9-14(17)27-3)10-15-18(24)22(19(25)29-15)11-16(23)21-5-7-26-2/h1,8-10H,5-7,11H2,2-3H3,(H,21,23)/b15-10-. The second-order valence-electron chi connectivity index (χ2n) is 5.64. The van der Waals surface area contributed by atoms with E-state index in [1.807, 2.05) is 0 Å². The molecule has 0 unspecified atom stereocenters. The number of halogens is 1. The van der Waals surface area contributed by atoms with E-state index in [4.69, 9.17) is 32.2 Å². The molecule has 0 bridgehead atoms. The summed E-state index contributed by atoms with van der Waals surface area (Å²) in [6, 6.07) is 3.16. The van der Waals surface area contributed by atoms with Crippen LogP contribution in [-0.2, 0) is 14.3 Å². The molecule has 1 aromatic carbocycles. The van der Waals surface area contributed by atoms with Crippen LogP contribution in [0.15, 0.2) is 17.0 Å². The number of terminal acetylenes is 1. The predicted molar refractivity (Wildman–Crippen MR) is 110 cm³/mol. The number of methoxy groups -OCH3 is 2. The number of benzene rings is 1. The monoisotopic (exact) mass is 438 g/mol. The van der Waals surface area contributed by atoms with Gasteiger partial charge in [-0.15, -0.1) is 6.42 Å². The Morgan fingerprint density at radius 1 is 1.38 bits per heavy atom. The van der Waals surface area contributed by atoms with Crippen molar-refractivity contribution in [2.24, 2.45) is 0 Å². The summed E-state index contributed by atoms with van der Waals surface area (Å²) in [7, 11) is 2.94. The van der Waals surface area contributed by atoms with Gasteiger partial charge in [0.2, 0.25) is 5.91 Å². The first kappa shape index (κ1) is 22.6. The van der Waals surface area contributed by atoms with Gasteiger partial charge in [0.25, 0.3) is 11.1 Å². The van der Waals surface area contributed by atoms with Gasteiger partial charge in [-0.25, -0.2) is 0 Å². The van der Waals surface area contributed by atoms with E-state index >= 15 is 0 Å². The van der Waals surface area contributed by atoms with Gasteiger partial charge in [-0.2, -0.15) is 0 Å². The summed E-state index contributed by atoms with van der Waals surface area (Å²) in [6.45, 7) is 0.264. The predicted octanol–water partition coefficient (Wildman–Crippen LogP) is 2.16. The molecule has 1 fully saturated rings. The van der Waals surface area contributed by atoms with Crippen LogP contribution >= 0.6 is 23.4 Å². The summed E-state index contributed by atoms with van der Waals surface area (Å²) >= 11 is 6.96. The maximum absolute atomic E-state index is 12.5. The maximum Gasteiger partial charge on any atom is 0.294 e. The van der Waals surface area contributed by atoms with E-state index in [1.54, 1.807) is 12.1 Å². The highest BCUT2D eigenvalue weighted by Gasteiger charge is 2.36. The fourth-order valence-corrected chi connectivity index (χ4v) is 3.47. The van der Waals surface area contributed by atoms with E-state index in [9.17, 15) is 14.4 Å².